The van der Waals surface area contributed by atoms with Crippen LogP contribution < -0.4 is 0 Å². The molecule has 16 heavy (non-hydrogen) atoms. The molecule has 0 fully saturated rings. The van der Waals surface area contributed by atoms with Gasteiger partial charge in [0.1, 0.15) is 5.82 Å². The fourth-order valence-corrected chi connectivity index (χ4v) is 1.88. The van der Waals surface area contributed by atoms with Crippen molar-refractivity contribution in [3.05, 3.63) is 73.2 Å². The van der Waals surface area contributed by atoms with Crippen molar-refractivity contribution in [1.29, 1.82) is 0 Å². The fourth-order valence-electron chi connectivity index (χ4n) is 1.88. The number of para-hydroxylation sites is 1. The zero-order valence-corrected chi connectivity index (χ0v) is 8.82. The molecule has 0 aliphatic rings. The number of rotatable bonds is 2. The Morgan fingerprint density at radius 1 is 0.625 bits per heavy atom. The molecule has 0 aliphatic heterocycles. The molecule has 0 amide bonds. The molecular formula is C14H12N2. The van der Waals surface area contributed by atoms with E-state index < -0.39 is 0 Å². The first-order valence-corrected chi connectivity index (χ1v) is 5.31. The molecule has 0 atom stereocenters. The Morgan fingerprint density at radius 3 is 2.12 bits per heavy atom. The van der Waals surface area contributed by atoms with Gasteiger partial charge in [-0.2, -0.15) is 0 Å². The Bertz CT molecular complexity index is 562. The molecule has 0 radical (unpaired) electrons. The van der Waals surface area contributed by atoms with Gasteiger partial charge in [0.25, 0.3) is 0 Å². The summed E-state index contributed by atoms with van der Waals surface area (Å²) in [5.74, 6) is 1.15. The van der Waals surface area contributed by atoms with E-state index in [1.54, 1.807) is 0 Å². The minimum absolute atomic E-state index is 1.15. The molecule has 0 unspecified atom stereocenters. The largest absolute Gasteiger partial charge is 0.310 e. The maximum absolute atomic E-state index is 2.17. The van der Waals surface area contributed by atoms with Gasteiger partial charge in [0.15, 0.2) is 0 Å². The first-order valence-electron chi connectivity index (χ1n) is 5.31. The molecule has 0 bridgehead atoms. The molecule has 0 saturated carbocycles. The third-order valence-electron chi connectivity index (χ3n) is 2.63. The van der Waals surface area contributed by atoms with Crippen LogP contribution in [0.3, 0.4) is 0 Å². The molecule has 0 saturated heterocycles. The van der Waals surface area contributed by atoms with E-state index in [1.807, 2.05) is 18.2 Å². The molecular weight excluding hydrogens is 196 g/mol. The molecule has 2 heterocycles. The van der Waals surface area contributed by atoms with Gasteiger partial charge in [0.2, 0.25) is 0 Å². The summed E-state index contributed by atoms with van der Waals surface area (Å²) in [5, 5.41) is 0. The Hall–Kier alpha value is -2.22. The van der Waals surface area contributed by atoms with E-state index in [0.717, 1.165) is 5.82 Å². The van der Waals surface area contributed by atoms with Crippen LogP contribution in [-0.2, 0) is 0 Å². The molecule has 0 N–H and O–H groups in total. The smallest absolute Gasteiger partial charge is 0.121 e. The van der Waals surface area contributed by atoms with Crippen molar-refractivity contribution in [3.63, 3.8) is 0 Å². The van der Waals surface area contributed by atoms with Crippen molar-refractivity contribution in [2.45, 2.75) is 0 Å². The molecule has 2 nitrogen and oxygen atoms in total. The van der Waals surface area contributed by atoms with Crippen molar-refractivity contribution < 1.29 is 0 Å². The van der Waals surface area contributed by atoms with Crippen molar-refractivity contribution in [3.8, 4) is 11.5 Å². The molecule has 2 aromatic heterocycles. The van der Waals surface area contributed by atoms with E-state index >= 15 is 0 Å². The Morgan fingerprint density at radius 2 is 1.38 bits per heavy atom. The van der Waals surface area contributed by atoms with Gasteiger partial charge >= 0.3 is 0 Å². The fraction of sp³-hybridized carbons (Fsp3) is 0. The van der Waals surface area contributed by atoms with Crippen LogP contribution in [0.1, 0.15) is 0 Å². The highest BCUT2D eigenvalue weighted by Gasteiger charge is 2.02. The lowest BCUT2D eigenvalue weighted by Gasteiger charge is -2.09. The monoisotopic (exact) mass is 208 g/mol. The van der Waals surface area contributed by atoms with Gasteiger partial charge in [0, 0.05) is 24.3 Å². The lowest BCUT2D eigenvalue weighted by atomic mass is 10.3. The van der Waals surface area contributed by atoms with Crippen molar-refractivity contribution in [2.24, 2.45) is 0 Å². The zero-order chi connectivity index (χ0) is 10.8. The van der Waals surface area contributed by atoms with E-state index in [4.69, 9.17) is 0 Å². The summed E-state index contributed by atoms with van der Waals surface area (Å²) >= 11 is 0. The maximum atomic E-state index is 2.17. The molecule has 78 valence electrons. The van der Waals surface area contributed by atoms with Crippen molar-refractivity contribution >= 4 is 0 Å². The summed E-state index contributed by atoms with van der Waals surface area (Å²) in [7, 11) is 0. The minimum Gasteiger partial charge on any atom is -0.310 e. The maximum Gasteiger partial charge on any atom is 0.121 e. The van der Waals surface area contributed by atoms with Crippen molar-refractivity contribution in [2.75, 3.05) is 0 Å². The summed E-state index contributed by atoms with van der Waals surface area (Å²) in [6.07, 6.45) is 6.17. The summed E-state index contributed by atoms with van der Waals surface area (Å²) < 4.78 is 4.27. The SMILES string of the molecule is c1ccc(-n2cccc2-n2cccc2)cc1. The molecule has 0 aliphatic carbocycles. The van der Waals surface area contributed by atoms with Gasteiger partial charge in [-0.3, -0.25) is 0 Å². The van der Waals surface area contributed by atoms with Gasteiger partial charge in [-0.1, -0.05) is 18.2 Å². The highest BCUT2D eigenvalue weighted by Crippen LogP contribution is 2.15. The predicted octanol–water partition coefficient (Wildman–Crippen LogP) is 3.27. The van der Waals surface area contributed by atoms with E-state index in [2.05, 4.69) is 64.1 Å². The summed E-state index contributed by atoms with van der Waals surface area (Å²) in [6.45, 7) is 0. The summed E-state index contributed by atoms with van der Waals surface area (Å²) in [4.78, 5) is 0. The van der Waals surface area contributed by atoms with Gasteiger partial charge in [0.05, 0.1) is 0 Å². The second-order valence-electron chi connectivity index (χ2n) is 3.66. The van der Waals surface area contributed by atoms with Crippen LogP contribution in [0, 0.1) is 0 Å². The van der Waals surface area contributed by atoms with Gasteiger partial charge in [-0.15, -0.1) is 0 Å². The number of hydrogen-bond acceptors (Lipinski definition) is 0. The Kier molecular flexibility index (Phi) is 2.11. The van der Waals surface area contributed by atoms with Crippen LogP contribution in [-0.4, -0.2) is 9.13 Å². The average Bonchev–Trinajstić information content (AvgIpc) is 3.01. The molecule has 3 rings (SSSR count). The third-order valence-corrected chi connectivity index (χ3v) is 2.63. The molecule has 1 aromatic carbocycles. The minimum atomic E-state index is 1.15. The summed E-state index contributed by atoms with van der Waals surface area (Å²) in [5.41, 5.74) is 1.18. The van der Waals surface area contributed by atoms with E-state index in [9.17, 15) is 0 Å². The van der Waals surface area contributed by atoms with Crippen LogP contribution >= 0.6 is 0 Å². The Balaban J connectivity index is 2.14. The number of nitrogens with zero attached hydrogens (tertiary/aromatic N) is 2. The molecule has 2 heteroatoms. The van der Waals surface area contributed by atoms with E-state index in [-0.39, 0.29) is 0 Å². The lowest BCUT2D eigenvalue weighted by Crippen LogP contribution is -2.00. The van der Waals surface area contributed by atoms with Crippen LogP contribution in [0.15, 0.2) is 73.2 Å². The van der Waals surface area contributed by atoms with Gasteiger partial charge < -0.3 is 9.13 Å². The van der Waals surface area contributed by atoms with Gasteiger partial charge in [-0.25, -0.2) is 0 Å². The second kappa shape index (κ2) is 3.74. The Labute approximate surface area is 94.4 Å². The van der Waals surface area contributed by atoms with Crippen molar-refractivity contribution in [1.82, 2.24) is 9.13 Å². The normalized spacial score (nSPS) is 10.5. The van der Waals surface area contributed by atoms with E-state index in [1.165, 1.54) is 5.69 Å². The highest BCUT2D eigenvalue weighted by atomic mass is 15.1. The van der Waals surface area contributed by atoms with E-state index in [0.29, 0.717) is 0 Å². The summed E-state index contributed by atoms with van der Waals surface area (Å²) in [6, 6.07) is 18.6. The number of aromatic nitrogens is 2. The molecule has 0 spiro atoms. The standard InChI is InChI=1S/C14H12N2/c1-2-7-13(8-3-1)16-12-6-9-14(16)15-10-4-5-11-15/h1-12H. The average molecular weight is 208 g/mol. The first-order chi connectivity index (χ1) is 7.95. The van der Waals surface area contributed by atoms with Crippen LogP contribution in [0.25, 0.3) is 11.5 Å². The quantitative estimate of drug-likeness (QED) is 0.611. The zero-order valence-electron chi connectivity index (χ0n) is 8.82. The van der Waals surface area contributed by atoms with Gasteiger partial charge in [-0.05, 0) is 36.4 Å². The lowest BCUT2D eigenvalue weighted by molar-refractivity contribution is 0.934. The van der Waals surface area contributed by atoms with Crippen LogP contribution in [0.2, 0.25) is 0 Å². The topological polar surface area (TPSA) is 9.86 Å². The second-order valence-corrected chi connectivity index (χ2v) is 3.66. The van der Waals surface area contributed by atoms with Crippen LogP contribution in [0.4, 0.5) is 0 Å². The third kappa shape index (κ3) is 1.44. The molecule has 3 aromatic rings. The highest BCUT2D eigenvalue weighted by molar-refractivity contribution is 5.40. The first kappa shape index (κ1) is 9.04. The van der Waals surface area contributed by atoms with Crippen LogP contribution in [0.5, 0.6) is 0 Å². The number of hydrogen-bond donors (Lipinski definition) is 0. The number of benzene rings is 1. The predicted molar refractivity (Wildman–Crippen MR) is 65.1 cm³/mol.